The number of anilines is 5. The normalized spacial score (nSPS) is 18.3. The number of nitrogens with one attached hydrogen (secondary N) is 4. The minimum Gasteiger partial charge on any atom is -0.489 e. The van der Waals surface area contributed by atoms with Crippen molar-refractivity contribution >= 4 is 85.4 Å². The van der Waals surface area contributed by atoms with Crippen LogP contribution in [0.15, 0.2) is 123 Å². The lowest BCUT2D eigenvalue weighted by Gasteiger charge is -2.31. The minimum absolute atomic E-state index is 0.0970. The molecule has 4 aromatic heterocycles. The molecule has 0 aliphatic carbocycles. The number of ether oxygens (including phenoxy) is 2. The SMILES string of the molecule is CC(=O)c1cn(CC(=O)N2CC(F)CC2C(=O)NC2CCOc3c(OCCC(=O)c4cn(CC(=O)N5CC(F)CC5C(=O)Nc5ccc(CN)cc5)c5ccc(Nc6cncnc6)cc45)cc(C)cc32)c2ccc(Nc3cncnc3)cc12. The second-order valence-corrected chi connectivity index (χ2v) is 20.9. The minimum atomic E-state index is -1.45. The lowest BCUT2D eigenvalue weighted by Crippen LogP contribution is -2.48. The topological polar surface area (TPSA) is 263 Å². The Morgan fingerprint density at radius 2 is 1.23 bits per heavy atom. The van der Waals surface area contributed by atoms with E-state index in [9.17, 15) is 28.8 Å². The summed E-state index contributed by atoms with van der Waals surface area (Å²) >= 11 is 0. The van der Waals surface area contributed by atoms with Gasteiger partial charge in [0.05, 0.1) is 68.5 Å². The summed E-state index contributed by atoms with van der Waals surface area (Å²) in [6, 6.07) is 18.5. The number of nitrogens with zero attached hydrogens (tertiary/aromatic N) is 8. The van der Waals surface area contributed by atoms with Gasteiger partial charge in [-0.2, -0.15) is 0 Å². The van der Waals surface area contributed by atoms with E-state index >= 15 is 8.78 Å². The Morgan fingerprint density at radius 3 is 1.80 bits per heavy atom. The molecule has 426 valence electrons. The summed E-state index contributed by atoms with van der Waals surface area (Å²) in [6.45, 7) is 2.60. The first-order valence-corrected chi connectivity index (χ1v) is 27.2. The number of halogens is 2. The second-order valence-electron chi connectivity index (χ2n) is 20.9. The largest absolute Gasteiger partial charge is 0.489 e. The number of fused-ring (bicyclic) bond motifs is 3. The van der Waals surface area contributed by atoms with Gasteiger partial charge >= 0.3 is 0 Å². The number of amides is 4. The number of benzene rings is 4. The highest BCUT2D eigenvalue weighted by Gasteiger charge is 2.42. The molecule has 83 heavy (non-hydrogen) atoms. The van der Waals surface area contributed by atoms with E-state index in [0.29, 0.717) is 85.8 Å². The number of aryl methyl sites for hydroxylation is 1. The third-order valence-electron chi connectivity index (χ3n) is 15.1. The van der Waals surface area contributed by atoms with Crippen molar-refractivity contribution in [2.24, 2.45) is 5.73 Å². The number of Topliss-reactive ketones (excluding diaryl/α,β-unsaturated/α-hetero) is 2. The third-order valence-corrected chi connectivity index (χ3v) is 15.1. The number of ketones is 2. The molecule has 2 saturated heterocycles. The van der Waals surface area contributed by atoms with Gasteiger partial charge in [-0.25, -0.2) is 28.7 Å². The number of carbonyl (C=O) groups is 6. The van der Waals surface area contributed by atoms with Crippen molar-refractivity contribution in [1.82, 2.24) is 44.2 Å². The lowest BCUT2D eigenvalue weighted by molar-refractivity contribution is -0.139. The number of nitrogens with two attached hydrogens (primary N) is 1. The van der Waals surface area contributed by atoms with Crippen molar-refractivity contribution in [2.45, 2.75) is 89.6 Å². The van der Waals surface area contributed by atoms with Gasteiger partial charge in [-0.15, -0.1) is 0 Å². The molecule has 8 aromatic rings. The van der Waals surface area contributed by atoms with Crippen LogP contribution in [-0.4, -0.2) is 125 Å². The number of rotatable bonds is 19. The van der Waals surface area contributed by atoms with Crippen LogP contribution in [0, 0.1) is 6.92 Å². The van der Waals surface area contributed by atoms with Crippen LogP contribution in [-0.2, 0) is 38.8 Å². The molecule has 5 unspecified atom stereocenters. The van der Waals surface area contributed by atoms with Gasteiger partial charge in [0.25, 0.3) is 0 Å². The highest BCUT2D eigenvalue weighted by molar-refractivity contribution is 6.10. The first-order valence-electron chi connectivity index (χ1n) is 27.2. The van der Waals surface area contributed by atoms with Crippen molar-refractivity contribution in [3.8, 4) is 11.5 Å². The van der Waals surface area contributed by atoms with E-state index in [0.717, 1.165) is 11.1 Å². The highest BCUT2D eigenvalue weighted by atomic mass is 19.1. The van der Waals surface area contributed by atoms with Gasteiger partial charge in [-0.3, -0.25) is 28.8 Å². The smallest absolute Gasteiger partial charge is 0.247 e. The van der Waals surface area contributed by atoms with Crippen LogP contribution < -0.4 is 36.5 Å². The van der Waals surface area contributed by atoms with Gasteiger partial charge in [-0.1, -0.05) is 18.2 Å². The van der Waals surface area contributed by atoms with Gasteiger partial charge < -0.3 is 55.4 Å². The average Bonchev–Trinajstić information content (AvgIpc) is 3.81. The molecular formula is C60H59F2N13O8. The maximum Gasteiger partial charge on any atom is 0.247 e. The molecule has 11 rings (SSSR count). The molecule has 21 nitrogen and oxygen atoms in total. The zero-order valence-corrected chi connectivity index (χ0v) is 45.4. The summed E-state index contributed by atoms with van der Waals surface area (Å²) in [5.74, 6) is -1.89. The Kier molecular flexibility index (Phi) is 15.9. The van der Waals surface area contributed by atoms with Gasteiger partial charge in [0, 0.05) is 100 Å². The second kappa shape index (κ2) is 23.8. The van der Waals surface area contributed by atoms with E-state index in [-0.39, 0.29) is 75.8 Å². The van der Waals surface area contributed by atoms with Crippen molar-refractivity contribution in [2.75, 3.05) is 42.3 Å². The van der Waals surface area contributed by atoms with Crippen LogP contribution in [0.3, 0.4) is 0 Å². The molecule has 2 fully saturated rings. The van der Waals surface area contributed by atoms with E-state index in [1.807, 2.05) is 13.0 Å². The van der Waals surface area contributed by atoms with E-state index in [1.165, 1.54) is 29.4 Å². The summed E-state index contributed by atoms with van der Waals surface area (Å²) in [5.41, 5.74) is 12.8. The van der Waals surface area contributed by atoms with Crippen LogP contribution in [0.1, 0.15) is 76.1 Å². The summed E-state index contributed by atoms with van der Waals surface area (Å²) in [5, 5.41) is 13.4. The summed E-state index contributed by atoms with van der Waals surface area (Å²) < 4.78 is 46.1. The maximum absolute atomic E-state index is 15.3. The molecule has 0 bridgehead atoms. The standard InChI is InChI=1S/C60H59F2N13O8/c1-34-15-46-49(71-60(81)53-18-38(62)27-75(53)56(78)30-72-28-47(35(2)76)44-19-40(7-9-50(44)72)68-42-22-64-32-65-23-42)11-13-83-58(46)55(16-34)82-14-12-54(77)48-29-73(51-10-8-41(20-45(48)51)69-43-24-66-33-67-25-43)31-57(79)74-26-37(61)17-52(74)59(80)70-39-5-3-36(21-63)4-6-39/h3-10,15-16,19-20,22-25,28-29,32-33,37-38,49,52-53,68-69H,11-14,17-18,21,26-27,30-31,63H2,1-2H3,(H,70,80)(H,71,81). The molecule has 23 heteroatoms. The van der Waals surface area contributed by atoms with Crippen LogP contribution in [0.2, 0.25) is 0 Å². The van der Waals surface area contributed by atoms with Crippen LogP contribution in [0.25, 0.3) is 21.8 Å². The van der Waals surface area contributed by atoms with E-state index in [2.05, 4.69) is 41.2 Å². The summed E-state index contributed by atoms with van der Waals surface area (Å²) in [7, 11) is 0. The molecule has 0 saturated carbocycles. The van der Waals surface area contributed by atoms with Gasteiger partial charge in [0.2, 0.25) is 23.6 Å². The number of hydrogen-bond donors (Lipinski definition) is 5. The molecule has 6 N–H and O–H groups in total. The van der Waals surface area contributed by atoms with Crippen LogP contribution >= 0.6 is 0 Å². The average molecular weight is 1130 g/mol. The Balaban J connectivity index is 0.772. The van der Waals surface area contributed by atoms with Crippen molar-refractivity contribution < 1.29 is 47.0 Å². The van der Waals surface area contributed by atoms with Gasteiger partial charge in [0.15, 0.2) is 23.1 Å². The fourth-order valence-electron chi connectivity index (χ4n) is 11.1. The van der Waals surface area contributed by atoms with E-state index in [4.69, 9.17) is 15.2 Å². The Morgan fingerprint density at radius 1 is 0.687 bits per heavy atom. The quantitative estimate of drug-likeness (QED) is 0.0493. The number of hydrogen-bond acceptors (Lipinski definition) is 15. The van der Waals surface area contributed by atoms with Crippen LogP contribution in [0.5, 0.6) is 11.5 Å². The molecule has 4 aromatic carbocycles. The first-order chi connectivity index (χ1) is 40.2. The van der Waals surface area contributed by atoms with Crippen LogP contribution in [0.4, 0.5) is 37.2 Å². The summed E-state index contributed by atoms with van der Waals surface area (Å²) in [6.07, 6.45) is 9.40. The van der Waals surface area contributed by atoms with E-state index < -0.39 is 54.1 Å². The number of aromatic nitrogens is 6. The molecule has 4 amide bonds. The first kappa shape index (κ1) is 55.3. The van der Waals surface area contributed by atoms with Gasteiger partial charge in [-0.05, 0) is 79.6 Å². The summed E-state index contributed by atoms with van der Waals surface area (Å²) in [4.78, 5) is 102. The zero-order chi connectivity index (χ0) is 57.9. The van der Waals surface area contributed by atoms with Crippen molar-refractivity contribution in [3.05, 3.63) is 150 Å². The molecule has 0 spiro atoms. The number of alkyl halides is 2. The Bertz CT molecular complexity index is 3790. The molecule has 3 aliphatic rings. The molecule has 3 aliphatic heterocycles. The fourth-order valence-corrected chi connectivity index (χ4v) is 11.1. The number of likely N-dealkylation sites (tertiary alicyclic amines) is 2. The van der Waals surface area contributed by atoms with Gasteiger partial charge in [0.1, 0.15) is 50.2 Å². The molecule has 5 atom stereocenters. The fraction of sp³-hybridized carbons (Fsp3) is 0.300. The Labute approximate surface area is 474 Å². The molecule has 7 heterocycles. The predicted molar refractivity (Wildman–Crippen MR) is 304 cm³/mol. The zero-order valence-electron chi connectivity index (χ0n) is 45.4. The third kappa shape index (κ3) is 12.1. The number of carbonyl (C=O) groups excluding carboxylic acids is 6. The highest BCUT2D eigenvalue weighted by Crippen LogP contribution is 2.41. The predicted octanol–water partition coefficient (Wildman–Crippen LogP) is 7.44. The molecule has 0 radical (unpaired) electrons. The maximum atomic E-state index is 15.3. The van der Waals surface area contributed by atoms with Crippen molar-refractivity contribution in [1.29, 1.82) is 0 Å². The van der Waals surface area contributed by atoms with E-state index in [1.54, 1.807) is 113 Å². The monoisotopic (exact) mass is 1130 g/mol. The Hall–Kier alpha value is -9.64. The lowest BCUT2D eigenvalue weighted by atomic mass is 9.97. The van der Waals surface area contributed by atoms with Crippen molar-refractivity contribution in [3.63, 3.8) is 0 Å². The molecular weight excluding hydrogens is 1070 g/mol.